The van der Waals surface area contributed by atoms with Crippen LogP contribution in [0.1, 0.15) is 27.9 Å². The molecule has 7 nitrogen and oxygen atoms in total. The summed E-state index contributed by atoms with van der Waals surface area (Å²) >= 11 is 0. The molecule has 0 bridgehead atoms. The third kappa shape index (κ3) is 3.91. The Morgan fingerprint density at radius 1 is 1.21 bits per heavy atom. The van der Waals surface area contributed by atoms with E-state index in [9.17, 15) is 9.90 Å². The summed E-state index contributed by atoms with van der Waals surface area (Å²) in [6.07, 6.45) is 0.771. The van der Waals surface area contributed by atoms with Crippen molar-refractivity contribution >= 4 is 27.8 Å². The van der Waals surface area contributed by atoms with Gasteiger partial charge in [-0.05, 0) is 44.0 Å². The van der Waals surface area contributed by atoms with Crippen molar-refractivity contribution < 1.29 is 28.5 Å². The van der Waals surface area contributed by atoms with Gasteiger partial charge in [-0.2, -0.15) is 0 Å². The summed E-state index contributed by atoms with van der Waals surface area (Å²) in [4.78, 5) is 17.2. The third-order valence-electron chi connectivity index (χ3n) is 6.63. The van der Waals surface area contributed by atoms with Crippen molar-refractivity contribution in [1.29, 1.82) is 0 Å². The van der Waals surface area contributed by atoms with Gasteiger partial charge >= 0.3 is 5.97 Å². The van der Waals surface area contributed by atoms with E-state index in [0.29, 0.717) is 47.9 Å². The van der Waals surface area contributed by atoms with Crippen LogP contribution in [-0.4, -0.2) is 49.1 Å². The van der Waals surface area contributed by atoms with Crippen molar-refractivity contribution in [1.82, 2.24) is 4.98 Å². The molecule has 1 saturated heterocycles. The van der Waals surface area contributed by atoms with Crippen LogP contribution in [0.4, 0.5) is 0 Å². The summed E-state index contributed by atoms with van der Waals surface area (Å²) in [7, 11) is 1.67. The molecule has 2 atom stereocenters. The lowest BCUT2D eigenvalue weighted by Gasteiger charge is -2.30. The fourth-order valence-electron chi connectivity index (χ4n) is 4.67. The van der Waals surface area contributed by atoms with Gasteiger partial charge in [0.25, 0.3) is 0 Å². The minimum atomic E-state index is -1.04. The molecule has 0 aliphatic carbocycles. The van der Waals surface area contributed by atoms with E-state index in [4.69, 9.17) is 23.6 Å². The molecule has 0 unspecified atom stereocenters. The van der Waals surface area contributed by atoms with Crippen LogP contribution in [0.25, 0.3) is 33.3 Å². The van der Waals surface area contributed by atoms with Gasteiger partial charge in [-0.25, -0.2) is 9.78 Å². The molecule has 1 aliphatic heterocycles. The van der Waals surface area contributed by atoms with Gasteiger partial charge < -0.3 is 23.7 Å². The lowest BCUT2D eigenvalue weighted by atomic mass is 9.98. The van der Waals surface area contributed by atoms with Crippen LogP contribution in [-0.2, 0) is 9.47 Å². The molecule has 34 heavy (non-hydrogen) atoms. The van der Waals surface area contributed by atoms with E-state index < -0.39 is 5.97 Å². The van der Waals surface area contributed by atoms with Crippen LogP contribution in [0.15, 0.2) is 46.9 Å². The number of aryl methyl sites for hydroxylation is 2. The average molecular weight is 462 g/mol. The van der Waals surface area contributed by atoms with Crippen molar-refractivity contribution in [2.75, 3.05) is 26.9 Å². The summed E-state index contributed by atoms with van der Waals surface area (Å²) in [5, 5.41) is 11.6. The van der Waals surface area contributed by atoms with Crippen LogP contribution in [0.2, 0.25) is 0 Å². The number of carboxylic acids is 1. The number of pyridine rings is 1. The first kappa shape index (κ1) is 22.4. The number of hydrogen-bond acceptors (Lipinski definition) is 6. The van der Waals surface area contributed by atoms with Gasteiger partial charge in [-0.15, -0.1) is 0 Å². The van der Waals surface area contributed by atoms with Gasteiger partial charge in [0, 0.05) is 30.6 Å². The first-order chi connectivity index (χ1) is 16.5. The van der Waals surface area contributed by atoms with E-state index in [2.05, 4.69) is 0 Å². The predicted molar refractivity (Wildman–Crippen MR) is 129 cm³/mol. The normalized spacial score (nSPS) is 18.4. The smallest absolute Gasteiger partial charge is 0.336 e. The number of carboxylic acid groups (broad SMARTS) is 1. The zero-order chi connectivity index (χ0) is 23.8. The maximum absolute atomic E-state index is 12.4. The Morgan fingerprint density at radius 3 is 2.79 bits per heavy atom. The molecular weight excluding hydrogens is 434 g/mol. The second-order valence-electron chi connectivity index (χ2n) is 8.73. The lowest BCUT2D eigenvalue weighted by molar-refractivity contribution is -0.0753. The van der Waals surface area contributed by atoms with Crippen molar-refractivity contribution in [2.24, 2.45) is 5.92 Å². The lowest BCUT2D eigenvalue weighted by Crippen LogP contribution is -2.37. The monoisotopic (exact) mass is 461 g/mol. The fourth-order valence-corrected chi connectivity index (χ4v) is 4.67. The van der Waals surface area contributed by atoms with Gasteiger partial charge in [-0.1, -0.05) is 24.3 Å². The van der Waals surface area contributed by atoms with E-state index in [1.54, 1.807) is 13.2 Å². The summed E-state index contributed by atoms with van der Waals surface area (Å²) in [5.41, 5.74) is 3.74. The van der Waals surface area contributed by atoms with Crippen LogP contribution in [0, 0.1) is 19.8 Å². The second kappa shape index (κ2) is 9.08. The molecule has 2 aromatic carbocycles. The van der Waals surface area contributed by atoms with Crippen LogP contribution >= 0.6 is 0 Å². The second-order valence-corrected chi connectivity index (χ2v) is 8.73. The molecule has 5 rings (SSSR count). The number of carbonyl (C=O) groups is 1. The summed E-state index contributed by atoms with van der Waals surface area (Å²) < 4.78 is 23.3. The molecule has 1 aliphatic rings. The zero-order valence-electron chi connectivity index (χ0n) is 19.5. The topological polar surface area (TPSA) is 91.0 Å². The summed E-state index contributed by atoms with van der Waals surface area (Å²) in [6, 6.07) is 13.0. The number of rotatable bonds is 6. The molecule has 1 fully saturated rings. The van der Waals surface area contributed by atoms with Crippen molar-refractivity contribution in [3.05, 3.63) is 59.2 Å². The number of nitrogens with zero attached hydrogens (tertiary/aromatic N) is 1. The van der Waals surface area contributed by atoms with E-state index in [1.165, 1.54) is 0 Å². The van der Waals surface area contributed by atoms with E-state index in [-0.39, 0.29) is 17.6 Å². The van der Waals surface area contributed by atoms with Gasteiger partial charge in [-0.3, -0.25) is 0 Å². The van der Waals surface area contributed by atoms with Crippen molar-refractivity contribution in [3.63, 3.8) is 0 Å². The fraction of sp³-hybridized carbons (Fsp3) is 0.333. The number of furan rings is 1. The molecule has 0 saturated carbocycles. The van der Waals surface area contributed by atoms with Gasteiger partial charge in [0.1, 0.15) is 17.0 Å². The number of fused-ring (bicyclic) bond motifs is 2. The SMILES string of the molecule is CO[C@@H]1COCC[C@H]1COc1ccc(C)c2nc(-c3oc4ccccc4c3C)cc(C(=O)O)c12. The molecule has 1 N–H and O–H groups in total. The Hall–Kier alpha value is -3.42. The minimum absolute atomic E-state index is 0.0507. The van der Waals surface area contributed by atoms with E-state index >= 15 is 0 Å². The van der Waals surface area contributed by atoms with Crippen LogP contribution < -0.4 is 4.74 Å². The molecule has 2 aromatic heterocycles. The minimum Gasteiger partial charge on any atom is -0.492 e. The Kier molecular flexibility index (Phi) is 5.98. The molecule has 0 spiro atoms. The van der Waals surface area contributed by atoms with Gasteiger partial charge in [0.15, 0.2) is 5.76 Å². The van der Waals surface area contributed by atoms with Crippen molar-refractivity contribution in [3.8, 4) is 17.2 Å². The quantitative estimate of drug-likeness (QED) is 0.411. The molecule has 4 aromatic rings. The highest BCUT2D eigenvalue weighted by atomic mass is 16.5. The number of aromatic carboxylic acids is 1. The number of para-hydroxylation sites is 1. The van der Waals surface area contributed by atoms with Crippen molar-refractivity contribution in [2.45, 2.75) is 26.4 Å². The largest absolute Gasteiger partial charge is 0.492 e. The molecule has 7 heteroatoms. The maximum Gasteiger partial charge on any atom is 0.336 e. The summed E-state index contributed by atoms with van der Waals surface area (Å²) in [6.45, 7) is 5.47. The van der Waals surface area contributed by atoms with Gasteiger partial charge in [0.05, 0.1) is 35.8 Å². The highest BCUT2D eigenvalue weighted by Gasteiger charge is 2.27. The Balaban J connectivity index is 1.60. The van der Waals surface area contributed by atoms with Crippen LogP contribution in [0.5, 0.6) is 5.75 Å². The maximum atomic E-state index is 12.4. The number of hydrogen-bond donors (Lipinski definition) is 1. The Morgan fingerprint density at radius 2 is 2.03 bits per heavy atom. The Labute approximate surface area is 197 Å². The molecule has 0 amide bonds. The number of methoxy groups -OCH3 is 1. The molecule has 176 valence electrons. The first-order valence-electron chi connectivity index (χ1n) is 11.4. The molecule has 3 heterocycles. The van der Waals surface area contributed by atoms with E-state index in [0.717, 1.165) is 28.5 Å². The number of ether oxygens (including phenoxy) is 3. The third-order valence-corrected chi connectivity index (χ3v) is 6.63. The molecule has 0 radical (unpaired) electrons. The average Bonchev–Trinajstić information content (AvgIpc) is 3.20. The highest BCUT2D eigenvalue weighted by Crippen LogP contribution is 2.37. The van der Waals surface area contributed by atoms with E-state index in [1.807, 2.05) is 50.2 Å². The number of aromatic nitrogens is 1. The summed E-state index contributed by atoms with van der Waals surface area (Å²) in [5.74, 6) is 0.189. The highest BCUT2D eigenvalue weighted by molar-refractivity contribution is 6.07. The van der Waals surface area contributed by atoms with Crippen LogP contribution in [0.3, 0.4) is 0 Å². The standard InChI is InChI=1S/C27H27NO6/c1-15-8-9-22(33-13-17-10-11-32-14-23(17)31-3)24-19(27(29)30)12-20(28-25(15)24)26-16(2)18-6-4-5-7-21(18)34-26/h4-9,12,17,23H,10-11,13-14H2,1-3H3,(H,29,30)/t17-,23+/m0/s1. The van der Waals surface area contributed by atoms with Gasteiger partial charge in [0.2, 0.25) is 0 Å². The zero-order valence-corrected chi connectivity index (χ0v) is 19.5. The Bertz CT molecular complexity index is 1370. The predicted octanol–water partition coefficient (Wildman–Crippen LogP) is 5.39. The molecular formula is C27H27NO6. The first-order valence-corrected chi connectivity index (χ1v) is 11.4. The number of benzene rings is 2.